The summed E-state index contributed by atoms with van der Waals surface area (Å²) in [5.74, 6) is -0.546. The van der Waals surface area contributed by atoms with Crippen molar-refractivity contribution in [2.75, 3.05) is 20.2 Å². The summed E-state index contributed by atoms with van der Waals surface area (Å²) >= 11 is 0. The van der Waals surface area contributed by atoms with Crippen LogP contribution in [0, 0.1) is 50.2 Å². The van der Waals surface area contributed by atoms with Gasteiger partial charge in [0.1, 0.15) is 18.2 Å². The van der Waals surface area contributed by atoms with Crippen LogP contribution in [0.2, 0.25) is 0 Å². The summed E-state index contributed by atoms with van der Waals surface area (Å²) in [6.45, 7) is 17.6. The number of carbonyl (C=O) groups excluding carboxylic acids is 3. The number of aryl methyl sites for hydroxylation is 1. The summed E-state index contributed by atoms with van der Waals surface area (Å²) in [5.41, 5.74) is 5.84. The number of aliphatic hydroxyl groups is 3. The van der Waals surface area contributed by atoms with Gasteiger partial charge in [0.2, 0.25) is 0 Å². The molecule has 15 rings (SSSR count). The molecule has 6 N–H and O–H groups in total. The average Bonchev–Trinajstić information content (AvgIpc) is 1.65. The zero-order chi connectivity index (χ0) is 59.2. The maximum atomic E-state index is 16.0. The number of epoxide rings is 1. The molecule has 0 amide bonds. The number of allylic oxidation sites excluding steroid dienone is 1. The fourth-order valence-electron chi connectivity index (χ4n) is 23.5. The number of nitrogens with zero attached hydrogens (tertiary/aromatic N) is 1. The second-order valence-electron chi connectivity index (χ2n) is 32.2. The molecule has 6 saturated carbocycles. The third-order valence-electron chi connectivity index (χ3n) is 27.8. The summed E-state index contributed by atoms with van der Waals surface area (Å²) in [6.07, 6.45) is 24.7. The van der Waals surface area contributed by atoms with Gasteiger partial charge in [-0.1, -0.05) is 91.3 Å². The number of aldehydes is 1. The Balaban J connectivity index is 0.910. The van der Waals surface area contributed by atoms with Crippen LogP contribution in [0.4, 0.5) is 0 Å². The first-order valence-corrected chi connectivity index (χ1v) is 33.9. The largest absolute Gasteiger partial charge is 0.392 e. The fourth-order valence-corrected chi connectivity index (χ4v) is 23.5. The molecule has 2 bridgehead atoms. The standard InChI is InChI=1S/C73H98N4O8/c1-65(2)64(85-65)53(80)35-66(3)23-17-44-37-76-59-49(51(40-78)46-31-45(42-15-11-9-12-16-42)32-47(33-46)73(83)27-30-84-71(41-73)21-13-10-14-22-71)38-77(60(44)59)39-50-55-57(66)52(79)36-69(55,6)68(5)24-19-54-67(4,26-29-74-8)63(82)56-48-20-28-75-58(48)43-18-25-72(56,34-43)70(54,7)62(68)61(50)81/h20,28,31-33,37-38,40,42-43,50-51,53-54,56,61-62,64,74-76,80-81,83H,9-19,21-27,29-30,34-36,39,41H2,1-8H3/t43-,50-,51-,53-,54+,56+,61-,62+,64-,66+,67+,68+,69+,70-,72-,73-/m1/s1. The number of fused-ring (bicyclic) bond motifs is 8. The van der Waals surface area contributed by atoms with Gasteiger partial charge in [0, 0.05) is 78.0 Å². The van der Waals surface area contributed by atoms with Gasteiger partial charge >= 0.3 is 0 Å². The maximum Gasteiger partial charge on any atom is 0.160 e. The smallest absolute Gasteiger partial charge is 0.160 e. The van der Waals surface area contributed by atoms with Gasteiger partial charge in [0.25, 0.3) is 0 Å². The van der Waals surface area contributed by atoms with E-state index in [2.05, 4.69) is 97.3 Å². The summed E-state index contributed by atoms with van der Waals surface area (Å²) in [6, 6.07) is 8.96. The molecule has 6 heterocycles. The lowest BCUT2D eigenvalue weighted by Gasteiger charge is -2.76. The van der Waals surface area contributed by atoms with Crippen LogP contribution < -0.4 is 5.32 Å². The van der Waals surface area contributed by atoms with Crippen LogP contribution in [0.3, 0.4) is 0 Å². The quantitative estimate of drug-likeness (QED) is 0.0629. The van der Waals surface area contributed by atoms with E-state index in [0.717, 1.165) is 128 Å². The number of aliphatic hydroxyl groups excluding tert-OH is 2. The van der Waals surface area contributed by atoms with Gasteiger partial charge in [-0.15, -0.1) is 0 Å². The second-order valence-corrected chi connectivity index (χ2v) is 32.2. The topological polar surface area (TPSA) is 182 Å². The fraction of sp³-hybridized carbons (Fsp3) is 0.712. The first-order valence-electron chi connectivity index (χ1n) is 33.9. The third-order valence-corrected chi connectivity index (χ3v) is 27.8. The minimum absolute atomic E-state index is 0.00721. The molecule has 11 aliphatic rings. The molecule has 0 radical (unpaired) electrons. The number of H-pyrrole nitrogens is 2. The number of aromatic nitrogens is 3. The van der Waals surface area contributed by atoms with Crippen LogP contribution in [0.1, 0.15) is 246 Å². The third kappa shape index (κ3) is 7.87. The number of ketones is 2. The first kappa shape index (κ1) is 57.3. The van der Waals surface area contributed by atoms with Crippen molar-refractivity contribution < 1.29 is 39.2 Å². The molecule has 1 aromatic carbocycles. The molecule has 2 saturated heterocycles. The summed E-state index contributed by atoms with van der Waals surface area (Å²) in [5, 5.41) is 43.6. The molecule has 16 atom stereocenters. The van der Waals surface area contributed by atoms with Crippen molar-refractivity contribution in [2.45, 2.75) is 255 Å². The minimum atomic E-state index is -1.09. The number of carbonyl (C=O) groups is 3. The lowest BCUT2D eigenvalue weighted by molar-refractivity contribution is -0.267. The zero-order valence-corrected chi connectivity index (χ0v) is 52.4. The van der Waals surface area contributed by atoms with E-state index in [-0.39, 0.29) is 35.2 Å². The molecular formula is C73H98N4O8. The molecule has 3 aliphatic heterocycles. The predicted molar refractivity (Wildman–Crippen MR) is 328 cm³/mol. The molecule has 8 aliphatic carbocycles. The molecule has 8 fully saturated rings. The molecular weight excluding hydrogens is 1060 g/mol. The molecule has 3 aromatic heterocycles. The van der Waals surface area contributed by atoms with Crippen molar-refractivity contribution in [2.24, 2.45) is 50.2 Å². The van der Waals surface area contributed by atoms with E-state index < -0.39 is 67.7 Å². The van der Waals surface area contributed by atoms with Crippen molar-refractivity contribution in [1.29, 1.82) is 0 Å². The Morgan fingerprint density at radius 2 is 1.66 bits per heavy atom. The van der Waals surface area contributed by atoms with Gasteiger partial charge in [0.05, 0.1) is 58.5 Å². The lowest BCUT2D eigenvalue weighted by atomic mass is 9.28. The predicted octanol–water partition coefficient (Wildman–Crippen LogP) is 12.8. The van der Waals surface area contributed by atoms with E-state index in [1.165, 1.54) is 42.5 Å². The Hall–Kier alpha value is -4.17. The SMILES string of the molecule is CNCC[C@]1(C)C(=O)[C@@H]2c3cc[nH]c3[C@@H]3CC[C@]2(C3)[C@@]2(C)[C@H]3[C@H](O)[C@@H]4Cn5cc([C@H](C=O)c6cc(C7CCCCC7)cc([C@@]7(O)CCOC8(CCCCC8)C7)c6)c6[nH]cc(c65)CC[C@@](C)(C[C@@H](O)[C@H]5OC5(C)C)C5=C4[C@](C)(CC5=O)[C@@]3(C)CC[C@H]21. The minimum Gasteiger partial charge on any atom is -0.392 e. The Labute approximate surface area is 504 Å². The monoisotopic (exact) mass is 1160 g/mol. The molecule has 2 spiro atoms. The highest BCUT2D eigenvalue weighted by molar-refractivity contribution is 6.02. The highest BCUT2D eigenvalue weighted by atomic mass is 16.6. The van der Waals surface area contributed by atoms with E-state index in [1.54, 1.807) is 0 Å². The van der Waals surface area contributed by atoms with Crippen molar-refractivity contribution in [3.63, 3.8) is 0 Å². The Morgan fingerprint density at radius 1 is 0.894 bits per heavy atom. The van der Waals surface area contributed by atoms with Crippen molar-refractivity contribution in [3.05, 3.63) is 93.1 Å². The van der Waals surface area contributed by atoms with E-state index in [1.807, 2.05) is 20.9 Å². The molecule has 458 valence electrons. The Kier molecular flexibility index (Phi) is 13.1. The number of Topliss-reactive ketones (excluding diaryl/α,β-unsaturated/α-hetero) is 2. The van der Waals surface area contributed by atoms with Gasteiger partial charge < -0.3 is 49.4 Å². The Bertz CT molecular complexity index is 3400. The van der Waals surface area contributed by atoms with Crippen molar-refractivity contribution in [1.82, 2.24) is 19.9 Å². The molecule has 12 nitrogen and oxygen atoms in total. The average molecular weight is 1160 g/mol. The van der Waals surface area contributed by atoms with Crippen LogP contribution in [-0.4, -0.2) is 97.4 Å². The summed E-state index contributed by atoms with van der Waals surface area (Å²) in [4.78, 5) is 53.9. The number of hydrogen-bond acceptors (Lipinski definition) is 9. The zero-order valence-electron chi connectivity index (χ0n) is 52.4. The van der Waals surface area contributed by atoms with Gasteiger partial charge in [-0.25, -0.2) is 0 Å². The first-order chi connectivity index (χ1) is 40.5. The number of ether oxygens (including phenoxy) is 2. The molecule has 4 aromatic rings. The van der Waals surface area contributed by atoms with Crippen LogP contribution in [0.15, 0.2) is 54.0 Å². The van der Waals surface area contributed by atoms with Crippen molar-refractivity contribution in [3.8, 4) is 0 Å². The maximum absolute atomic E-state index is 16.0. The van der Waals surface area contributed by atoms with E-state index in [0.29, 0.717) is 75.7 Å². The highest BCUT2D eigenvalue weighted by Crippen LogP contribution is 2.84. The normalized spacial score (nSPS) is 41.4. The van der Waals surface area contributed by atoms with Crippen LogP contribution in [-0.2, 0) is 42.4 Å². The van der Waals surface area contributed by atoms with Gasteiger partial charge in [-0.2, -0.15) is 0 Å². The van der Waals surface area contributed by atoms with Crippen LogP contribution in [0.5, 0.6) is 0 Å². The number of aromatic amines is 2. The Morgan fingerprint density at radius 3 is 2.40 bits per heavy atom. The molecule has 0 unspecified atom stereocenters. The van der Waals surface area contributed by atoms with Crippen LogP contribution >= 0.6 is 0 Å². The highest BCUT2D eigenvalue weighted by Gasteiger charge is 2.80. The van der Waals surface area contributed by atoms with Gasteiger partial charge in [-0.05, 0) is 196 Å². The summed E-state index contributed by atoms with van der Waals surface area (Å²) in [7, 11) is 1.99. The molecule has 12 heteroatoms. The van der Waals surface area contributed by atoms with E-state index in [4.69, 9.17) is 9.47 Å². The van der Waals surface area contributed by atoms with E-state index >= 15 is 9.59 Å². The van der Waals surface area contributed by atoms with Gasteiger partial charge in [0.15, 0.2) is 5.78 Å². The summed E-state index contributed by atoms with van der Waals surface area (Å²) < 4.78 is 15.2. The second kappa shape index (κ2) is 19.4. The molecule has 85 heavy (non-hydrogen) atoms. The van der Waals surface area contributed by atoms with Gasteiger partial charge in [-0.3, -0.25) is 9.59 Å². The number of benzene rings is 1. The lowest BCUT2D eigenvalue weighted by Crippen LogP contribution is -2.74. The number of rotatable bonds is 11. The van der Waals surface area contributed by atoms with E-state index in [9.17, 15) is 20.1 Å². The number of nitrogens with one attached hydrogen (secondary N) is 3. The van der Waals surface area contributed by atoms with Crippen LogP contribution in [0.25, 0.3) is 11.0 Å². The van der Waals surface area contributed by atoms with Crippen molar-refractivity contribution >= 4 is 28.9 Å². The number of hydrogen-bond donors (Lipinski definition) is 6.